The Morgan fingerprint density at radius 2 is 1.75 bits per heavy atom. The molecule has 1 aromatic heterocycles. The summed E-state index contributed by atoms with van der Waals surface area (Å²) in [5.41, 5.74) is 3.68. The molecular weight excluding hydrogens is 614 g/mol. The molecule has 2 aliphatic rings. The normalized spacial score (nSPS) is 17.9. The second kappa shape index (κ2) is 13.9. The number of hydrogen-bond acceptors (Lipinski definition) is 7. The summed E-state index contributed by atoms with van der Waals surface area (Å²) < 4.78 is 19.4. The van der Waals surface area contributed by atoms with Gasteiger partial charge in [-0.05, 0) is 48.9 Å². The first-order chi connectivity index (χ1) is 23.1. The summed E-state index contributed by atoms with van der Waals surface area (Å²) >= 11 is 0. The number of benzene rings is 3. The van der Waals surface area contributed by atoms with Gasteiger partial charge in [0.2, 0.25) is 18.6 Å². The molecule has 3 atom stereocenters. The van der Waals surface area contributed by atoms with E-state index < -0.39 is 12.1 Å². The van der Waals surface area contributed by atoms with E-state index in [0.717, 1.165) is 16.5 Å². The number of nitrogens with zero attached hydrogens (tertiary/aromatic N) is 3. The zero-order chi connectivity index (χ0) is 33.9. The van der Waals surface area contributed by atoms with Crippen molar-refractivity contribution in [2.75, 3.05) is 44.2 Å². The summed E-state index contributed by atoms with van der Waals surface area (Å²) in [6.45, 7) is 4.25. The third-order valence-corrected chi connectivity index (χ3v) is 8.96. The number of aliphatic hydroxyl groups excluding tert-OH is 1. The van der Waals surface area contributed by atoms with Gasteiger partial charge in [0.1, 0.15) is 11.9 Å². The van der Waals surface area contributed by atoms with Crippen molar-refractivity contribution in [3.63, 3.8) is 0 Å². The molecule has 6 rings (SSSR count). The molecular formula is C36H41N5O7. The topological polar surface area (TPSA) is 135 Å². The van der Waals surface area contributed by atoms with Crippen molar-refractivity contribution in [2.24, 2.45) is 13.0 Å². The number of carbonyl (C=O) groups excluding carboxylic acids is 3. The highest BCUT2D eigenvalue weighted by molar-refractivity contribution is 5.96. The van der Waals surface area contributed by atoms with Crippen molar-refractivity contribution >= 4 is 40.1 Å². The zero-order valence-electron chi connectivity index (χ0n) is 27.6. The van der Waals surface area contributed by atoms with Crippen molar-refractivity contribution < 1.29 is 33.7 Å². The van der Waals surface area contributed by atoms with E-state index in [4.69, 9.17) is 14.2 Å². The highest BCUT2D eigenvalue weighted by atomic mass is 16.7. The Bertz CT molecular complexity index is 1840. The van der Waals surface area contributed by atoms with Crippen molar-refractivity contribution in [1.29, 1.82) is 0 Å². The lowest BCUT2D eigenvalue weighted by Gasteiger charge is -2.34. The van der Waals surface area contributed by atoms with Gasteiger partial charge < -0.3 is 44.3 Å². The monoisotopic (exact) mass is 655 g/mol. The van der Waals surface area contributed by atoms with Gasteiger partial charge in [0, 0.05) is 66.7 Å². The van der Waals surface area contributed by atoms with Crippen LogP contribution in [0.15, 0.2) is 66.9 Å². The Morgan fingerprint density at radius 1 is 1.02 bits per heavy atom. The summed E-state index contributed by atoms with van der Waals surface area (Å²) in [5, 5.41) is 16.9. The fourth-order valence-corrected chi connectivity index (χ4v) is 6.22. The Labute approximate surface area is 279 Å². The molecule has 0 spiro atoms. The Kier molecular flexibility index (Phi) is 9.44. The number of para-hydroxylation sites is 1. The molecule has 2 aliphatic heterocycles. The SMILES string of the molecule is C[C@@H]1CN([C@H](C)CO)C(=O)Cc2cc(NC(=O)Cc3cn(C)c4ccccc34)ccc2O[C@@H]1CN(C)C(=O)Nc1ccc2c(c1)OCO2. The average molecular weight is 656 g/mol. The average Bonchev–Trinajstić information content (AvgIpc) is 3.67. The molecule has 4 amide bonds. The highest BCUT2D eigenvalue weighted by Crippen LogP contribution is 2.34. The van der Waals surface area contributed by atoms with Crippen molar-refractivity contribution in [3.05, 3.63) is 78.0 Å². The molecule has 12 nitrogen and oxygen atoms in total. The van der Waals surface area contributed by atoms with Crippen molar-refractivity contribution in [3.8, 4) is 17.2 Å². The molecule has 252 valence electrons. The van der Waals surface area contributed by atoms with Gasteiger partial charge in [0.25, 0.3) is 0 Å². The Balaban J connectivity index is 1.20. The van der Waals surface area contributed by atoms with E-state index in [1.165, 1.54) is 4.90 Å². The first-order valence-electron chi connectivity index (χ1n) is 16.0. The maximum atomic E-state index is 13.6. The maximum Gasteiger partial charge on any atom is 0.321 e. The van der Waals surface area contributed by atoms with Gasteiger partial charge in [-0.2, -0.15) is 0 Å². The molecule has 0 bridgehead atoms. The molecule has 0 saturated carbocycles. The zero-order valence-corrected chi connectivity index (χ0v) is 27.6. The van der Waals surface area contributed by atoms with Gasteiger partial charge in [-0.3, -0.25) is 9.59 Å². The van der Waals surface area contributed by atoms with Gasteiger partial charge >= 0.3 is 6.03 Å². The van der Waals surface area contributed by atoms with E-state index in [1.807, 2.05) is 49.0 Å². The summed E-state index contributed by atoms with van der Waals surface area (Å²) in [4.78, 5) is 43.2. The van der Waals surface area contributed by atoms with Gasteiger partial charge in [-0.1, -0.05) is 25.1 Å². The van der Waals surface area contributed by atoms with Crippen LogP contribution in [0.3, 0.4) is 0 Å². The molecule has 3 aromatic carbocycles. The molecule has 4 aromatic rings. The third kappa shape index (κ3) is 7.03. The molecule has 0 aliphatic carbocycles. The lowest BCUT2D eigenvalue weighted by atomic mass is 10.0. The molecule has 3 heterocycles. The molecule has 0 radical (unpaired) electrons. The molecule has 0 fully saturated rings. The van der Waals surface area contributed by atoms with Crippen LogP contribution in [0.2, 0.25) is 0 Å². The Morgan fingerprint density at radius 3 is 2.54 bits per heavy atom. The number of aromatic nitrogens is 1. The number of fused-ring (bicyclic) bond motifs is 3. The summed E-state index contributed by atoms with van der Waals surface area (Å²) in [6.07, 6.45) is 1.68. The number of likely N-dealkylation sites (N-methyl/N-ethyl adjacent to an activating group) is 1. The predicted molar refractivity (Wildman–Crippen MR) is 181 cm³/mol. The quantitative estimate of drug-likeness (QED) is 0.256. The molecule has 12 heteroatoms. The Hall–Kier alpha value is -5.23. The van der Waals surface area contributed by atoms with Crippen molar-refractivity contribution in [1.82, 2.24) is 14.4 Å². The molecule has 0 unspecified atom stereocenters. The maximum absolute atomic E-state index is 13.6. The second-order valence-electron chi connectivity index (χ2n) is 12.6. The molecule has 3 N–H and O–H groups in total. The third-order valence-electron chi connectivity index (χ3n) is 8.96. The number of carbonyl (C=O) groups is 3. The fraction of sp³-hybridized carbons (Fsp3) is 0.361. The predicted octanol–water partition coefficient (Wildman–Crippen LogP) is 4.40. The first-order valence-corrected chi connectivity index (χ1v) is 16.0. The molecule has 48 heavy (non-hydrogen) atoms. The van der Waals surface area contributed by atoms with E-state index in [-0.39, 0.29) is 56.5 Å². The van der Waals surface area contributed by atoms with Gasteiger partial charge in [-0.15, -0.1) is 0 Å². The van der Waals surface area contributed by atoms with Crippen LogP contribution in [-0.4, -0.2) is 83.0 Å². The number of ether oxygens (including phenoxy) is 3. The number of rotatable bonds is 8. The highest BCUT2D eigenvalue weighted by Gasteiger charge is 2.32. The van der Waals surface area contributed by atoms with Gasteiger partial charge in [-0.25, -0.2) is 4.79 Å². The van der Waals surface area contributed by atoms with Crippen LogP contribution in [-0.2, 0) is 29.5 Å². The van der Waals surface area contributed by atoms with E-state index in [0.29, 0.717) is 40.7 Å². The lowest BCUT2D eigenvalue weighted by Crippen LogP contribution is -2.48. The summed E-state index contributed by atoms with van der Waals surface area (Å²) in [6, 6.07) is 17.7. The second-order valence-corrected chi connectivity index (χ2v) is 12.6. The van der Waals surface area contributed by atoms with E-state index >= 15 is 0 Å². The van der Waals surface area contributed by atoms with Crippen molar-refractivity contribution in [2.45, 2.75) is 38.8 Å². The van der Waals surface area contributed by atoms with E-state index in [2.05, 4.69) is 10.6 Å². The standard InChI is InChI=1S/C36H41N5O7/c1-22-17-41(23(2)20-42)35(44)15-24-13-26(37-34(43)14-25-18-39(3)29-8-6-5-7-28(25)29)9-11-30(24)48-33(22)19-40(4)36(45)38-27-10-12-31-32(16-27)47-21-46-31/h5-13,16,18,22-23,33,42H,14-15,17,19-21H2,1-4H3,(H,37,43)(H,38,45)/t22-,23-,33-/m1/s1. The smallest absolute Gasteiger partial charge is 0.321 e. The largest absolute Gasteiger partial charge is 0.488 e. The van der Waals surface area contributed by atoms with E-state index in [9.17, 15) is 19.5 Å². The summed E-state index contributed by atoms with van der Waals surface area (Å²) in [5.74, 6) is 1.13. The lowest BCUT2D eigenvalue weighted by molar-refractivity contribution is -0.134. The number of aliphatic hydroxyl groups is 1. The number of anilines is 2. The van der Waals surface area contributed by atoms with Crippen LogP contribution >= 0.6 is 0 Å². The van der Waals surface area contributed by atoms with Gasteiger partial charge in [0.05, 0.1) is 32.0 Å². The van der Waals surface area contributed by atoms with Crippen LogP contribution in [0.25, 0.3) is 10.9 Å². The number of amides is 4. The van der Waals surface area contributed by atoms with E-state index in [1.54, 1.807) is 55.3 Å². The number of hydrogen-bond donors (Lipinski definition) is 3. The van der Waals surface area contributed by atoms with Crippen LogP contribution in [0, 0.1) is 5.92 Å². The van der Waals surface area contributed by atoms with Gasteiger partial charge in [0.15, 0.2) is 11.5 Å². The number of nitrogens with one attached hydrogen (secondary N) is 2. The fourth-order valence-electron chi connectivity index (χ4n) is 6.22. The van der Waals surface area contributed by atoms with Crippen LogP contribution in [0.1, 0.15) is 25.0 Å². The number of urea groups is 1. The van der Waals surface area contributed by atoms with Crippen LogP contribution in [0.4, 0.5) is 16.2 Å². The molecule has 0 saturated heterocycles. The first kappa shape index (κ1) is 32.7. The minimum Gasteiger partial charge on any atom is -0.488 e. The number of aryl methyl sites for hydroxylation is 1. The van der Waals surface area contributed by atoms with Crippen LogP contribution in [0.5, 0.6) is 17.2 Å². The summed E-state index contributed by atoms with van der Waals surface area (Å²) in [7, 11) is 3.64. The minimum atomic E-state index is -0.498. The van der Waals surface area contributed by atoms with Crippen LogP contribution < -0.4 is 24.8 Å². The minimum absolute atomic E-state index is 0.0204.